The number of aryl methyl sites for hydroxylation is 2. The minimum absolute atomic E-state index is 0.0216. The first-order valence-corrected chi connectivity index (χ1v) is 10.9. The average Bonchev–Trinajstić information content (AvgIpc) is 3.57. The lowest BCUT2D eigenvalue weighted by Crippen LogP contribution is -2.37. The Morgan fingerprint density at radius 2 is 1.91 bits per heavy atom. The quantitative estimate of drug-likeness (QED) is 0.355. The zero-order chi connectivity index (χ0) is 24.1. The molecule has 4 rings (SSSR count). The smallest absolute Gasteiger partial charge is 0.291 e. The zero-order valence-corrected chi connectivity index (χ0v) is 19.4. The highest BCUT2D eigenvalue weighted by molar-refractivity contribution is 5.92. The topological polar surface area (TPSA) is 116 Å². The van der Waals surface area contributed by atoms with Crippen LogP contribution < -0.4 is 10.2 Å². The monoisotopic (exact) mass is 461 g/mol. The fraction of sp³-hybridized carbons (Fsp3) is 0.304. The molecule has 0 fully saturated rings. The Balaban J connectivity index is 1.39. The van der Waals surface area contributed by atoms with Crippen LogP contribution in [0.3, 0.4) is 0 Å². The lowest BCUT2D eigenvalue weighted by molar-refractivity contribution is -0.109. The Morgan fingerprint density at radius 3 is 2.59 bits per heavy atom. The molecule has 1 amide bonds. The van der Waals surface area contributed by atoms with Crippen LogP contribution >= 0.6 is 0 Å². The third-order valence-electron chi connectivity index (χ3n) is 5.25. The van der Waals surface area contributed by atoms with Gasteiger partial charge in [0.1, 0.15) is 29.8 Å². The summed E-state index contributed by atoms with van der Waals surface area (Å²) in [6.07, 6.45) is 4.45. The van der Waals surface area contributed by atoms with Crippen LogP contribution in [0.2, 0.25) is 0 Å². The van der Waals surface area contributed by atoms with Gasteiger partial charge >= 0.3 is 0 Å². The summed E-state index contributed by atoms with van der Waals surface area (Å²) < 4.78 is 5.11. The summed E-state index contributed by atoms with van der Waals surface area (Å²) in [5.41, 5.74) is 2.55. The second-order valence-corrected chi connectivity index (χ2v) is 8.14. The molecule has 4 aromatic rings. The summed E-state index contributed by atoms with van der Waals surface area (Å²) in [6, 6.07) is 12.9. The summed E-state index contributed by atoms with van der Waals surface area (Å²) in [7, 11) is 5.70. The normalized spacial score (nSPS) is 11.9. The summed E-state index contributed by atoms with van der Waals surface area (Å²) in [4.78, 5) is 30.3. The van der Waals surface area contributed by atoms with Crippen molar-refractivity contribution >= 4 is 18.0 Å². The van der Waals surface area contributed by atoms with Crippen molar-refractivity contribution in [2.24, 2.45) is 7.05 Å². The molecule has 0 bridgehead atoms. The largest absolute Gasteiger partial charge is 0.363 e. The number of aldehydes is 1. The Labute approximate surface area is 197 Å². The maximum atomic E-state index is 12.6. The van der Waals surface area contributed by atoms with Crippen LogP contribution in [0.5, 0.6) is 0 Å². The van der Waals surface area contributed by atoms with Gasteiger partial charge in [0, 0.05) is 40.0 Å². The molecule has 11 heteroatoms. The van der Waals surface area contributed by atoms with E-state index in [1.807, 2.05) is 74.7 Å². The van der Waals surface area contributed by atoms with Crippen LogP contribution in [0.4, 0.5) is 5.82 Å². The molecular formula is C23H27N9O2. The number of carbonyl (C=O) groups is 2. The predicted molar refractivity (Wildman–Crippen MR) is 126 cm³/mol. The second-order valence-electron chi connectivity index (χ2n) is 8.14. The van der Waals surface area contributed by atoms with Gasteiger partial charge in [0.2, 0.25) is 5.82 Å². The van der Waals surface area contributed by atoms with Crippen molar-refractivity contribution in [3.63, 3.8) is 0 Å². The molecule has 0 aliphatic rings. The molecule has 0 aliphatic heterocycles. The van der Waals surface area contributed by atoms with Crippen molar-refractivity contribution in [3.8, 4) is 11.4 Å². The van der Waals surface area contributed by atoms with Crippen molar-refractivity contribution in [2.75, 3.05) is 19.0 Å². The van der Waals surface area contributed by atoms with Crippen molar-refractivity contribution < 1.29 is 9.59 Å². The van der Waals surface area contributed by atoms with E-state index >= 15 is 0 Å². The summed E-state index contributed by atoms with van der Waals surface area (Å²) >= 11 is 0. The molecule has 1 atom stereocenters. The van der Waals surface area contributed by atoms with Gasteiger partial charge in [-0.25, -0.2) is 14.3 Å². The van der Waals surface area contributed by atoms with Gasteiger partial charge in [-0.1, -0.05) is 30.3 Å². The van der Waals surface area contributed by atoms with Gasteiger partial charge in [0.15, 0.2) is 0 Å². The summed E-state index contributed by atoms with van der Waals surface area (Å²) in [5.74, 6) is 0.401. The highest BCUT2D eigenvalue weighted by Gasteiger charge is 2.19. The highest BCUT2D eigenvalue weighted by Crippen LogP contribution is 2.22. The highest BCUT2D eigenvalue weighted by atomic mass is 16.2. The molecule has 0 spiro atoms. The van der Waals surface area contributed by atoms with Gasteiger partial charge in [-0.05, 0) is 18.1 Å². The molecule has 176 valence electrons. The number of aromatic nitrogens is 7. The third kappa shape index (κ3) is 5.37. The van der Waals surface area contributed by atoms with Crippen molar-refractivity contribution in [1.82, 2.24) is 39.6 Å². The van der Waals surface area contributed by atoms with E-state index in [2.05, 4.69) is 25.6 Å². The number of hydrogen-bond donors (Lipinski definition) is 1. The lowest BCUT2D eigenvalue weighted by atomic mass is 10.2. The van der Waals surface area contributed by atoms with Gasteiger partial charge in [-0.3, -0.25) is 9.48 Å². The molecule has 3 aromatic heterocycles. The fourth-order valence-electron chi connectivity index (χ4n) is 3.52. The third-order valence-corrected chi connectivity index (χ3v) is 5.25. The molecule has 0 radical (unpaired) electrons. The predicted octanol–water partition coefficient (Wildman–Crippen LogP) is 1.38. The van der Waals surface area contributed by atoms with Crippen LogP contribution in [0.25, 0.3) is 11.4 Å². The molecule has 11 nitrogen and oxygen atoms in total. The molecule has 0 saturated heterocycles. The van der Waals surface area contributed by atoms with E-state index in [9.17, 15) is 9.59 Å². The van der Waals surface area contributed by atoms with E-state index in [-0.39, 0.29) is 5.82 Å². The molecule has 1 aromatic carbocycles. The standard InChI is InChI=1S/C23H27N9O2/c1-29(2)21-13-20(19-10-11-30(3)26-19)27-32(21)12-9-18(15-33)25-23(34)22-24-16-31(28-22)14-17-7-5-4-6-8-17/h4-8,10-11,13,15-16,18H,9,12,14H2,1-3H3,(H,25,34). The van der Waals surface area contributed by atoms with E-state index in [0.29, 0.717) is 19.5 Å². The van der Waals surface area contributed by atoms with Crippen molar-refractivity contribution in [1.29, 1.82) is 0 Å². The molecule has 0 saturated carbocycles. The van der Waals surface area contributed by atoms with Gasteiger partial charge in [0.05, 0.1) is 12.6 Å². The summed E-state index contributed by atoms with van der Waals surface area (Å²) in [6.45, 7) is 0.934. The number of benzene rings is 1. The van der Waals surface area contributed by atoms with Crippen molar-refractivity contribution in [2.45, 2.75) is 25.6 Å². The minimum atomic E-state index is -0.703. The van der Waals surface area contributed by atoms with Crippen LogP contribution in [0.15, 0.2) is 55.0 Å². The van der Waals surface area contributed by atoms with E-state index in [4.69, 9.17) is 0 Å². The molecule has 34 heavy (non-hydrogen) atoms. The Hall–Kier alpha value is -4.28. The van der Waals surface area contributed by atoms with Gasteiger partial charge in [-0.2, -0.15) is 10.2 Å². The molecule has 0 aliphatic carbocycles. The SMILES string of the molecule is CN(C)c1cc(-c2ccn(C)n2)nn1CCC(C=O)NC(=O)c1ncn(Cc2ccccc2)n1. The van der Waals surface area contributed by atoms with Crippen LogP contribution in [0, 0.1) is 0 Å². The lowest BCUT2D eigenvalue weighted by Gasteiger charge is -2.16. The number of nitrogens with zero attached hydrogens (tertiary/aromatic N) is 8. The van der Waals surface area contributed by atoms with E-state index in [0.717, 1.165) is 29.1 Å². The van der Waals surface area contributed by atoms with Crippen LogP contribution in [0.1, 0.15) is 22.6 Å². The minimum Gasteiger partial charge on any atom is -0.363 e. The Bertz CT molecular complexity index is 1260. The van der Waals surface area contributed by atoms with Crippen LogP contribution in [-0.2, 0) is 24.9 Å². The number of rotatable bonds is 10. The maximum Gasteiger partial charge on any atom is 0.291 e. The number of hydrogen-bond acceptors (Lipinski definition) is 7. The second kappa shape index (κ2) is 10.1. The van der Waals surface area contributed by atoms with E-state index in [1.54, 1.807) is 14.0 Å². The molecule has 1 unspecified atom stereocenters. The van der Waals surface area contributed by atoms with E-state index in [1.165, 1.54) is 6.33 Å². The molecule has 1 N–H and O–H groups in total. The summed E-state index contributed by atoms with van der Waals surface area (Å²) in [5, 5.41) is 16.0. The number of nitrogens with one attached hydrogen (secondary N) is 1. The Kier molecular flexibility index (Phi) is 6.81. The van der Waals surface area contributed by atoms with E-state index < -0.39 is 11.9 Å². The van der Waals surface area contributed by atoms with Crippen molar-refractivity contribution in [3.05, 3.63) is 66.4 Å². The number of carbonyl (C=O) groups excluding carboxylic acids is 2. The average molecular weight is 462 g/mol. The first-order chi connectivity index (χ1) is 16.4. The zero-order valence-electron chi connectivity index (χ0n) is 19.4. The first-order valence-electron chi connectivity index (χ1n) is 10.9. The molecule has 3 heterocycles. The fourth-order valence-corrected chi connectivity index (χ4v) is 3.52. The number of amides is 1. The van der Waals surface area contributed by atoms with Gasteiger partial charge < -0.3 is 15.0 Å². The number of anilines is 1. The van der Waals surface area contributed by atoms with Gasteiger partial charge in [0.25, 0.3) is 5.91 Å². The van der Waals surface area contributed by atoms with Gasteiger partial charge in [-0.15, -0.1) is 5.10 Å². The Morgan fingerprint density at radius 1 is 1.12 bits per heavy atom. The molecular weight excluding hydrogens is 434 g/mol. The maximum absolute atomic E-state index is 12.6. The van der Waals surface area contributed by atoms with Crippen LogP contribution in [-0.4, -0.2) is 66.7 Å². The first kappa shape index (κ1) is 22.9.